The molecule has 2 aliphatic carbocycles. The SMILES string of the molecule is CC(C)(C)[C@@H]1OC(=O)[C@]2(C[C@@H]3C=C[C@H]2C3)N1C(=O)c1ccccc1. The first-order valence-electron chi connectivity index (χ1n) is 8.62. The van der Waals surface area contributed by atoms with Crippen LogP contribution in [0.25, 0.3) is 0 Å². The molecule has 4 heteroatoms. The Labute approximate surface area is 142 Å². The fourth-order valence-electron chi connectivity index (χ4n) is 4.48. The van der Waals surface area contributed by atoms with E-state index in [9.17, 15) is 9.59 Å². The van der Waals surface area contributed by atoms with Crippen LogP contribution in [0.2, 0.25) is 0 Å². The topological polar surface area (TPSA) is 46.6 Å². The second-order valence-corrected chi connectivity index (χ2v) is 8.28. The second kappa shape index (κ2) is 4.95. The second-order valence-electron chi connectivity index (χ2n) is 8.28. The van der Waals surface area contributed by atoms with Crippen molar-refractivity contribution in [2.45, 2.75) is 45.4 Å². The summed E-state index contributed by atoms with van der Waals surface area (Å²) in [5.74, 6) is 0.0910. The summed E-state index contributed by atoms with van der Waals surface area (Å²) < 4.78 is 5.80. The van der Waals surface area contributed by atoms with Crippen molar-refractivity contribution < 1.29 is 14.3 Å². The van der Waals surface area contributed by atoms with Crippen molar-refractivity contribution in [3.05, 3.63) is 48.0 Å². The van der Waals surface area contributed by atoms with Gasteiger partial charge in [-0.2, -0.15) is 0 Å². The molecule has 4 atom stereocenters. The van der Waals surface area contributed by atoms with Gasteiger partial charge in [-0.1, -0.05) is 51.1 Å². The van der Waals surface area contributed by atoms with Gasteiger partial charge in [0, 0.05) is 16.9 Å². The summed E-state index contributed by atoms with van der Waals surface area (Å²) >= 11 is 0. The number of benzene rings is 1. The average molecular weight is 325 g/mol. The highest BCUT2D eigenvalue weighted by Crippen LogP contribution is 2.55. The monoisotopic (exact) mass is 325 g/mol. The van der Waals surface area contributed by atoms with Crippen molar-refractivity contribution in [3.8, 4) is 0 Å². The predicted octanol–water partition coefficient (Wildman–Crippen LogP) is 3.39. The predicted molar refractivity (Wildman–Crippen MR) is 90.0 cm³/mol. The van der Waals surface area contributed by atoms with E-state index in [1.54, 1.807) is 4.90 Å². The fourth-order valence-corrected chi connectivity index (χ4v) is 4.48. The van der Waals surface area contributed by atoms with Gasteiger partial charge in [0.15, 0.2) is 11.8 Å². The summed E-state index contributed by atoms with van der Waals surface area (Å²) in [5.41, 5.74) is -0.560. The van der Waals surface area contributed by atoms with Gasteiger partial charge in [0.1, 0.15) is 0 Å². The summed E-state index contributed by atoms with van der Waals surface area (Å²) in [4.78, 5) is 28.1. The number of hydrogen-bond acceptors (Lipinski definition) is 3. The largest absolute Gasteiger partial charge is 0.439 e. The van der Waals surface area contributed by atoms with E-state index in [1.807, 2.05) is 51.1 Å². The van der Waals surface area contributed by atoms with Crippen molar-refractivity contribution in [3.63, 3.8) is 0 Å². The minimum atomic E-state index is -0.829. The molecule has 0 aromatic heterocycles. The Morgan fingerprint density at radius 1 is 1.21 bits per heavy atom. The van der Waals surface area contributed by atoms with Crippen LogP contribution in [0.5, 0.6) is 0 Å². The molecule has 1 aromatic carbocycles. The van der Waals surface area contributed by atoms with E-state index in [0.29, 0.717) is 17.9 Å². The van der Waals surface area contributed by atoms with Gasteiger partial charge in [0.2, 0.25) is 0 Å². The molecule has 1 saturated carbocycles. The lowest BCUT2D eigenvalue weighted by Crippen LogP contribution is -2.58. The third kappa shape index (κ3) is 1.98. The zero-order valence-corrected chi connectivity index (χ0v) is 14.4. The van der Waals surface area contributed by atoms with Crippen molar-refractivity contribution in [2.75, 3.05) is 0 Å². The summed E-state index contributed by atoms with van der Waals surface area (Å²) in [7, 11) is 0. The van der Waals surface area contributed by atoms with Gasteiger partial charge < -0.3 is 4.74 Å². The highest BCUT2D eigenvalue weighted by atomic mass is 16.6. The zero-order valence-electron chi connectivity index (χ0n) is 14.4. The lowest BCUT2D eigenvalue weighted by molar-refractivity contribution is -0.149. The van der Waals surface area contributed by atoms with Gasteiger partial charge in [0.05, 0.1) is 0 Å². The lowest BCUT2D eigenvalue weighted by Gasteiger charge is -2.41. The molecule has 4 nitrogen and oxygen atoms in total. The van der Waals surface area contributed by atoms with E-state index < -0.39 is 11.8 Å². The number of ether oxygens (including phenoxy) is 1. The van der Waals surface area contributed by atoms with Crippen LogP contribution < -0.4 is 0 Å². The number of rotatable bonds is 1. The van der Waals surface area contributed by atoms with Gasteiger partial charge in [-0.3, -0.25) is 9.69 Å². The van der Waals surface area contributed by atoms with E-state index in [2.05, 4.69) is 12.2 Å². The lowest BCUT2D eigenvalue weighted by atomic mass is 9.81. The maximum Gasteiger partial charge on any atom is 0.334 e. The first-order chi connectivity index (χ1) is 11.3. The van der Waals surface area contributed by atoms with Gasteiger partial charge in [-0.05, 0) is 30.9 Å². The van der Waals surface area contributed by atoms with Gasteiger partial charge in [0.25, 0.3) is 5.91 Å². The summed E-state index contributed by atoms with van der Waals surface area (Å²) in [6.07, 6.45) is 5.36. The van der Waals surface area contributed by atoms with Crippen molar-refractivity contribution >= 4 is 11.9 Å². The smallest absolute Gasteiger partial charge is 0.334 e. The number of cyclic esters (lactones) is 1. The number of esters is 1. The summed E-state index contributed by atoms with van der Waals surface area (Å²) in [6, 6.07) is 9.21. The molecular weight excluding hydrogens is 302 g/mol. The molecule has 0 N–H and O–H groups in total. The highest BCUT2D eigenvalue weighted by Gasteiger charge is 2.67. The number of fused-ring (bicyclic) bond motifs is 3. The molecule has 1 aromatic rings. The number of carbonyl (C=O) groups excluding carboxylic acids is 2. The van der Waals surface area contributed by atoms with Crippen LogP contribution in [0.1, 0.15) is 44.0 Å². The molecule has 0 unspecified atom stereocenters. The summed E-state index contributed by atoms with van der Waals surface area (Å²) in [6.45, 7) is 6.04. The Morgan fingerprint density at radius 2 is 1.92 bits per heavy atom. The van der Waals surface area contributed by atoms with Gasteiger partial charge in [-0.15, -0.1) is 0 Å². The Balaban J connectivity index is 1.83. The zero-order chi connectivity index (χ0) is 17.1. The first-order valence-corrected chi connectivity index (χ1v) is 8.62. The van der Waals surface area contributed by atoms with Crippen LogP contribution in [-0.4, -0.2) is 28.5 Å². The molecule has 1 aliphatic heterocycles. The highest BCUT2D eigenvalue weighted by molar-refractivity contribution is 6.00. The standard InChI is InChI=1S/C20H23NO3/c1-19(2,3)17-21(16(22)14-7-5-4-6-8-14)20(18(23)24-17)12-13-9-10-15(20)11-13/h4-10,13,15,17H,11-12H2,1-3H3/t13-,15+,17+,20-/m1/s1. The number of amides is 1. The molecule has 1 saturated heterocycles. The summed E-state index contributed by atoms with van der Waals surface area (Å²) in [5, 5.41) is 0. The van der Waals surface area contributed by atoms with Crippen LogP contribution in [0.3, 0.4) is 0 Å². The third-order valence-electron chi connectivity index (χ3n) is 5.58. The molecule has 4 rings (SSSR count). The van der Waals surface area contributed by atoms with E-state index in [0.717, 1.165) is 6.42 Å². The first kappa shape index (κ1) is 15.4. The molecule has 2 bridgehead atoms. The average Bonchev–Trinajstić information content (AvgIpc) is 3.22. The van der Waals surface area contributed by atoms with Crippen LogP contribution in [-0.2, 0) is 9.53 Å². The molecule has 1 spiro atoms. The molecule has 0 radical (unpaired) electrons. The van der Waals surface area contributed by atoms with Gasteiger partial charge in [-0.25, -0.2) is 4.79 Å². The Hall–Kier alpha value is -2.10. The number of hydrogen-bond donors (Lipinski definition) is 0. The minimum Gasteiger partial charge on any atom is -0.439 e. The maximum absolute atomic E-state index is 13.4. The Bertz CT molecular complexity index is 718. The van der Waals surface area contributed by atoms with E-state index in [-0.39, 0.29) is 23.2 Å². The quantitative estimate of drug-likeness (QED) is 0.587. The van der Waals surface area contributed by atoms with E-state index in [1.165, 1.54) is 0 Å². The van der Waals surface area contributed by atoms with Crippen LogP contribution in [0.15, 0.2) is 42.5 Å². The van der Waals surface area contributed by atoms with Crippen molar-refractivity contribution in [1.82, 2.24) is 4.90 Å². The fraction of sp³-hybridized carbons (Fsp3) is 0.500. The molecule has 2 fully saturated rings. The minimum absolute atomic E-state index is 0.0648. The Morgan fingerprint density at radius 3 is 2.46 bits per heavy atom. The number of nitrogens with zero attached hydrogens (tertiary/aromatic N) is 1. The molecule has 126 valence electrons. The maximum atomic E-state index is 13.4. The van der Waals surface area contributed by atoms with Crippen molar-refractivity contribution in [2.24, 2.45) is 17.3 Å². The third-order valence-corrected chi connectivity index (χ3v) is 5.58. The van der Waals surface area contributed by atoms with Crippen LogP contribution in [0.4, 0.5) is 0 Å². The Kier molecular flexibility index (Phi) is 3.18. The molecule has 1 amide bonds. The molecule has 3 aliphatic rings. The number of carbonyl (C=O) groups is 2. The van der Waals surface area contributed by atoms with E-state index >= 15 is 0 Å². The van der Waals surface area contributed by atoms with E-state index in [4.69, 9.17) is 4.74 Å². The number of allylic oxidation sites excluding steroid dienone is 1. The van der Waals surface area contributed by atoms with Crippen LogP contribution >= 0.6 is 0 Å². The van der Waals surface area contributed by atoms with Gasteiger partial charge >= 0.3 is 5.97 Å². The van der Waals surface area contributed by atoms with Crippen molar-refractivity contribution in [1.29, 1.82) is 0 Å². The van der Waals surface area contributed by atoms with Crippen LogP contribution in [0, 0.1) is 17.3 Å². The molecular formula is C20H23NO3. The molecule has 24 heavy (non-hydrogen) atoms. The molecule has 1 heterocycles. The normalized spacial score (nSPS) is 34.2.